The third-order valence-corrected chi connectivity index (χ3v) is 4.36. The predicted molar refractivity (Wildman–Crippen MR) is 63.5 cm³/mol. The fraction of sp³-hybridized carbons (Fsp3) is 1.00. The Labute approximate surface area is 103 Å². The molecule has 0 aromatic carbocycles. The first-order valence-electron chi connectivity index (χ1n) is 4.73. The lowest BCUT2D eigenvalue weighted by molar-refractivity contribution is -0.289. The highest BCUT2D eigenvalue weighted by atomic mass is 127. The minimum absolute atomic E-state index is 0.275. The Morgan fingerprint density at radius 1 is 1.27 bits per heavy atom. The predicted octanol–water partition coefficient (Wildman–Crippen LogP) is -0.125. The standard InChI is InChI=1S/C8H14IO5P/c1-15-8-12-2-3-6(14-8)4(10)5(11)7(9)13-3/h3-8,10-11,15H,2H2,1H3/t3-,4-,5-,6-,7-,8-/m1/s1. The van der Waals surface area contributed by atoms with E-state index in [-0.39, 0.29) is 12.1 Å². The maximum absolute atomic E-state index is 9.84. The number of halogens is 1. The molecule has 2 aliphatic heterocycles. The van der Waals surface area contributed by atoms with E-state index in [1.165, 1.54) is 0 Å². The lowest BCUT2D eigenvalue weighted by Crippen LogP contribution is -2.60. The zero-order chi connectivity index (χ0) is 11.0. The Balaban J connectivity index is 2.05. The Hall–Kier alpha value is 0.960. The van der Waals surface area contributed by atoms with Crippen LogP contribution >= 0.6 is 31.2 Å². The number of ether oxygens (including phenoxy) is 3. The summed E-state index contributed by atoms with van der Waals surface area (Å²) in [6.07, 6.45) is -2.55. The van der Waals surface area contributed by atoms with Gasteiger partial charge in [0.1, 0.15) is 28.5 Å². The largest absolute Gasteiger partial charge is 0.387 e. The van der Waals surface area contributed by atoms with Crippen molar-refractivity contribution in [2.75, 3.05) is 13.3 Å². The van der Waals surface area contributed by atoms with Crippen LogP contribution in [0.15, 0.2) is 0 Å². The van der Waals surface area contributed by atoms with Crippen LogP contribution in [0.25, 0.3) is 0 Å². The first kappa shape index (κ1) is 12.4. The van der Waals surface area contributed by atoms with Gasteiger partial charge in [0.2, 0.25) is 0 Å². The SMILES string of the molecule is CP[C@@H]1OC[C@H]2O[C@@H](I)[C@H](O)[C@@H](O)[C@@H]2O1. The van der Waals surface area contributed by atoms with Crippen molar-refractivity contribution in [2.45, 2.75) is 34.6 Å². The summed E-state index contributed by atoms with van der Waals surface area (Å²) in [5.74, 6) is 0. The normalized spacial score (nSPS) is 52.0. The molecule has 15 heavy (non-hydrogen) atoms. The Morgan fingerprint density at radius 3 is 2.67 bits per heavy atom. The highest BCUT2D eigenvalue weighted by Crippen LogP contribution is 2.34. The molecule has 88 valence electrons. The molecule has 2 heterocycles. The van der Waals surface area contributed by atoms with Gasteiger partial charge in [-0.15, -0.1) is 0 Å². The van der Waals surface area contributed by atoms with Crippen molar-refractivity contribution in [1.29, 1.82) is 0 Å². The number of alkyl halides is 1. The van der Waals surface area contributed by atoms with Crippen molar-refractivity contribution < 1.29 is 24.4 Å². The maximum Gasteiger partial charge on any atom is 0.173 e. The van der Waals surface area contributed by atoms with Crippen LogP contribution in [0.1, 0.15) is 0 Å². The van der Waals surface area contributed by atoms with Crippen LogP contribution in [0.5, 0.6) is 0 Å². The lowest BCUT2D eigenvalue weighted by Gasteiger charge is -2.45. The van der Waals surface area contributed by atoms with E-state index in [0.717, 1.165) is 0 Å². The van der Waals surface area contributed by atoms with Crippen molar-refractivity contribution in [3.05, 3.63) is 0 Å². The Morgan fingerprint density at radius 2 is 2.00 bits per heavy atom. The van der Waals surface area contributed by atoms with Gasteiger partial charge in [-0.1, -0.05) is 8.58 Å². The van der Waals surface area contributed by atoms with Crippen LogP contribution in [-0.4, -0.2) is 58.0 Å². The summed E-state index contributed by atoms with van der Waals surface area (Å²) >= 11 is 1.96. The Bertz CT molecular complexity index is 229. The molecule has 0 amide bonds. The molecular weight excluding hydrogens is 334 g/mol. The molecule has 2 rings (SSSR count). The van der Waals surface area contributed by atoms with Gasteiger partial charge in [0.15, 0.2) is 6.03 Å². The maximum atomic E-state index is 9.84. The number of aliphatic hydroxyl groups is 2. The first-order chi connectivity index (χ1) is 7.13. The average Bonchev–Trinajstić information content (AvgIpc) is 2.26. The van der Waals surface area contributed by atoms with E-state index >= 15 is 0 Å². The summed E-state index contributed by atoms with van der Waals surface area (Å²) in [6, 6.07) is -0.275. The zero-order valence-corrected chi connectivity index (χ0v) is 11.3. The van der Waals surface area contributed by atoms with Crippen LogP contribution in [0, 0.1) is 0 Å². The molecule has 2 fully saturated rings. The van der Waals surface area contributed by atoms with Gasteiger partial charge >= 0.3 is 0 Å². The molecule has 2 aliphatic rings. The highest BCUT2D eigenvalue weighted by molar-refractivity contribution is 14.1. The highest BCUT2D eigenvalue weighted by Gasteiger charge is 2.47. The van der Waals surface area contributed by atoms with Gasteiger partial charge in [-0.25, -0.2) is 0 Å². The Kier molecular flexibility index (Phi) is 4.20. The number of rotatable bonds is 1. The smallest absolute Gasteiger partial charge is 0.173 e. The van der Waals surface area contributed by atoms with Crippen molar-refractivity contribution in [2.24, 2.45) is 0 Å². The van der Waals surface area contributed by atoms with Crippen molar-refractivity contribution >= 4 is 31.2 Å². The fourth-order valence-corrected chi connectivity index (χ4v) is 3.07. The molecule has 1 unspecified atom stereocenters. The lowest BCUT2D eigenvalue weighted by atomic mass is 10.00. The molecule has 0 aliphatic carbocycles. The molecule has 0 radical (unpaired) electrons. The van der Waals surface area contributed by atoms with E-state index < -0.39 is 22.4 Å². The summed E-state index contributed by atoms with van der Waals surface area (Å²) in [5.41, 5.74) is 0. The van der Waals surface area contributed by atoms with Gasteiger partial charge in [0, 0.05) is 0 Å². The van der Waals surface area contributed by atoms with E-state index in [2.05, 4.69) is 0 Å². The number of hydrogen-bond acceptors (Lipinski definition) is 5. The van der Waals surface area contributed by atoms with Crippen molar-refractivity contribution in [3.8, 4) is 0 Å². The molecule has 0 spiro atoms. The molecule has 2 saturated heterocycles. The number of aliphatic hydroxyl groups excluding tert-OH is 2. The van der Waals surface area contributed by atoms with E-state index in [9.17, 15) is 10.2 Å². The van der Waals surface area contributed by atoms with Gasteiger partial charge < -0.3 is 24.4 Å². The molecule has 0 saturated carbocycles. The fourth-order valence-electron chi connectivity index (χ4n) is 1.71. The van der Waals surface area contributed by atoms with Gasteiger partial charge in [-0.05, 0) is 29.3 Å². The van der Waals surface area contributed by atoms with Crippen LogP contribution in [-0.2, 0) is 14.2 Å². The summed E-state index contributed by atoms with van der Waals surface area (Å²) in [6.45, 7) is 2.39. The van der Waals surface area contributed by atoms with E-state index in [0.29, 0.717) is 15.2 Å². The topological polar surface area (TPSA) is 68.2 Å². The molecule has 0 aromatic heterocycles. The molecule has 7 heteroatoms. The molecule has 0 aromatic rings. The van der Waals surface area contributed by atoms with Gasteiger partial charge in [-0.3, -0.25) is 0 Å². The minimum atomic E-state index is -0.897. The molecular formula is C8H14IO5P. The quantitative estimate of drug-likeness (QED) is 0.393. The summed E-state index contributed by atoms with van der Waals surface area (Å²) in [5, 5.41) is 19.5. The molecule has 7 atom stereocenters. The third-order valence-electron chi connectivity index (χ3n) is 2.55. The minimum Gasteiger partial charge on any atom is -0.387 e. The number of fused-ring (bicyclic) bond motifs is 1. The molecule has 2 N–H and O–H groups in total. The van der Waals surface area contributed by atoms with Crippen LogP contribution in [0.2, 0.25) is 0 Å². The summed E-state index contributed by atoms with van der Waals surface area (Å²) < 4.78 is 16.0. The van der Waals surface area contributed by atoms with Crippen molar-refractivity contribution in [1.82, 2.24) is 0 Å². The first-order valence-corrected chi connectivity index (χ1v) is 7.56. The second-order valence-corrected chi connectivity index (χ2v) is 5.84. The van der Waals surface area contributed by atoms with Crippen LogP contribution < -0.4 is 0 Å². The van der Waals surface area contributed by atoms with Gasteiger partial charge in [0.25, 0.3) is 0 Å². The van der Waals surface area contributed by atoms with Crippen LogP contribution in [0.4, 0.5) is 0 Å². The van der Waals surface area contributed by atoms with E-state index in [4.69, 9.17) is 14.2 Å². The molecule has 5 nitrogen and oxygen atoms in total. The summed E-state index contributed by atoms with van der Waals surface area (Å²) in [4.78, 5) is 0. The van der Waals surface area contributed by atoms with Crippen LogP contribution in [0.3, 0.4) is 0 Å². The second-order valence-electron chi connectivity index (χ2n) is 3.56. The third kappa shape index (κ3) is 2.46. The van der Waals surface area contributed by atoms with E-state index in [1.807, 2.05) is 29.3 Å². The summed E-state index contributed by atoms with van der Waals surface area (Å²) in [7, 11) is 0.492. The van der Waals surface area contributed by atoms with Gasteiger partial charge in [0.05, 0.1) is 6.61 Å². The van der Waals surface area contributed by atoms with Gasteiger partial charge in [-0.2, -0.15) is 0 Å². The van der Waals surface area contributed by atoms with E-state index in [1.54, 1.807) is 0 Å². The monoisotopic (exact) mass is 348 g/mol. The number of hydrogen-bond donors (Lipinski definition) is 2. The molecule has 0 bridgehead atoms. The average molecular weight is 348 g/mol. The second kappa shape index (κ2) is 5.08. The zero-order valence-electron chi connectivity index (χ0n) is 8.17. The van der Waals surface area contributed by atoms with Crippen molar-refractivity contribution in [3.63, 3.8) is 0 Å².